The molecule has 2 heterocycles. The van der Waals surface area contributed by atoms with E-state index < -0.39 is 6.10 Å². The highest BCUT2D eigenvalue weighted by Gasteiger charge is 2.44. The average Bonchev–Trinajstić information content (AvgIpc) is 2.69. The molecule has 0 spiro atoms. The fourth-order valence-electron chi connectivity index (χ4n) is 3.85. The van der Waals surface area contributed by atoms with Gasteiger partial charge in [0.15, 0.2) is 11.5 Å². The van der Waals surface area contributed by atoms with Gasteiger partial charge < -0.3 is 15.1 Å². The van der Waals surface area contributed by atoms with Crippen LogP contribution in [0.15, 0.2) is 71.2 Å². The maximum absolute atomic E-state index is 12.7. The summed E-state index contributed by atoms with van der Waals surface area (Å²) < 4.78 is 0. The Hall–Kier alpha value is -2.83. The van der Waals surface area contributed by atoms with Crippen molar-refractivity contribution in [2.45, 2.75) is 18.1 Å². The molecule has 2 aromatic rings. The highest BCUT2D eigenvalue weighted by molar-refractivity contribution is 6.30. The van der Waals surface area contributed by atoms with Crippen molar-refractivity contribution in [3.63, 3.8) is 0 Å². The molecule has 7 heteroatoms. The van der Waals surface area contributed by atoms with Gasteiger partial charge in [-0.15, -0.1) is 0 Å². The Morgan fingerprint density at radius 2 is 1.86 bits per heavy atom. The second-order valence-electron chi connectivity index (χ2n) is 6.98. The van der Waals surface area contributed by atoms with E-state index >= 15 is 0 Å². The summed E-state index contributed by atoms with van der Waals surface area (Å²) in [5.41, 5.74) is 2.03. The standard InChI is InChI=1S/C21H20ClN3O3/c1-24-12-16(25-19(21(24)28)20(27)17(26)11-23-25)18(13-6-3-2-4-7-13)14-8-5-9-15(22)10-14/h2-11,16-18,26-27H,12H2,1H3. The predicted octanol–water partition coefficient (Wildman–Crippen LogP) is 2.74. The quantitative estimate of drug-likeness (QED) is 0.835. The first-order valence-corrected chi connectivity index (χ1v) is 9.35. The summed E-state index contributed by atoms with van der Waals surface area (Å²) in [6, 6.07) is 17.2. The topological polar surface area (TPSA) is 76.4 Å². The number of nitrogens with zero attached hydrogens (tertiary/aromatic N) is 3. The Morgan fingerprint density at radius 3 is 2.57 bits per heavy atom. The van der Waals surface area contributed by atoms with Crippen molar-refractivity contribution < 1.29 is 15.0 Å². The summed E-state index contributed by atoms with van der Waals surface area (Å²) >= 11 is 6.26. The van der Waals surface area contributed by atoms with E-state index in [2.05, 4.69) is 5.10 Å². The Labute approximate surface area is 168 Å². The third-order valence-electron chi connectivity index (χ3n) is 5.16. The van der Waals surface area contributed by atoms with Gasteiger partial charge in [-0.25, -0.2) is 0 Å². The maximum Gasteiger partial charge on any atom is 0.275 e. The SMILES string of the molecule is CN1CC(C(c2ccccc2)c2cccc(Cl)c2)N2N=CC(O)C(O)=C2C1=O. The number of benzene rings is 2. The molecule has 0 bridgehead atoms. The largest absolute Gasteiger partial charge is 0.507 e. The molecule has 3 atom stereocenters. The number of rotatable bonds is 3. The number of amides is 1. The van der Waals surface area contributed by atoms with Gasteiger partial charge in [-0.3, -0.25) is 9.80 Å². The molecule has 2 aliphatic heterocycles. The minimum Gasteiger partial charge on any atom is -0.507 e. The van der Waals surface area contributed by atoms with E-state index in [1.165, 1.54) is 11.2 Å². The van der Waals surface area contributed by atoms with Crippen LogP contribution in [0.4, 0.5) is 0 Å². The zero-order valence-corrected chi connectivity index (χ0v) is 16.0. The molecule has 2 N–H and O–H groups in total. The third-order valence-corrected chi connectivity index (χ3v) is 5.39. The molecule has 4 rings (SSSR count). The molecule has 1 amide bonds. The molecular weight excluding hydrogens is 378 g/mol. The van der Waals surface area contributed by atoms with Gasteiger partial charge in [0.2, 0.25) is 0 Å². The maximum atomic E-state index is 12.7. The zero-order valence-electron chi connectivity index (χ0n) is 15.2. The number of carbonyl (C=O) groups excluding carboxylic acids is 1. The van der Waals surface area contributed by atoms with Crippen LogP contribution in [0.3, 0.4) is 0 Å². The van der Waals surface area contributed by atoms with Gasteiger partial charge in [-0.2, -0.15) is 5.10 Å². The Morgan fingerprint density at radius 1 is 1.14 bits per heavy atom. The van der Waals surface area contributed by atoms with E-state index in [0.29, 0.717) is 11.6 Å². The lowest BCUT2D eigenvalue weighted by Gasteiger charge is -2.44. The van der Waals surface area contributed by atoms with E-state index in [4.69, 9.17) is 11.6 Å². The summed E-state index contributed by atoms with van der Waals surface area (Å²) in [5, 5.41) is 26.8. The molecule has 1 fully saturated rings. The number of fused-ring (bicyclic) bond motifs is 1. The number of aliphatic hydroxyl groups excluding tert-OH is 2. The third kappa shape index (κ3) is 3.15. The molecular formula is C21H20ClN3O3. The van der Waals surface area contributed by atoms with Crippen molar-refractivity contribution >= 4 is 23.7 Å². The van der Waals surface area contributed by atoms with Crippen LogP contribution in [0.25, 0.3) is 0 Å². The van der Waals surface area contributed by atoms with Crippen LogP contribution < -0.4 is 0 Å². The molecule has 0 aromatic heterocycles. The van der Waals surface area contributed by atoms with Crippen LogP contribution >= 0.6 is 11.6 Å². The number of piperazine rings is 1. The fraction of sp³-hybridized carbons (Fsp3) is 0.238. The summed E-state index contributed by atoms with van der Waals surface area (Å²) in [7, 11) is 1.68. The monoisotopic (exact) mass is 397 g/mol. The van der Waals surface area contributed by atoms with Crippen molar-refractivity contribution in [1.29, 1.82) is 0 Å². The number of aliphatic hydroxyl groups is 2. The smallest absolute Gasteiger partial charge is 0.275 e. The number of halogens is 1. The second-order valence-corrected chi connectivity index (χ2v) is 7.42. The van der Waals surface area contributed by atoms with Crippen molar-refractivity contribution in [3.05, 3.63) is 82.2 Å². The number of hydrogen-bond donors (Lipinski definition) is 2. The normalized spacial score (nSPS) is 23.0. The van der Waals surface area contributed by atoms with Crippen molar-refractivity contribution in [2.75, 3.05) is 13.6 Å². The van der Waals surface area contributed by atoms with Gasteiger partial charge in [-0.1, -0.05) is 54.1 Å². The summed E-state index contributed by atoms with van der Waals surface area (Å²) in [6.45, 7) is 0.398. The van der Waals surface area contributed by atoms with E-state index in [1.54, 1.807) is 11.9 Å². The van der Waals surface area contributed by atoms with Crippen molar-refractivity contribution in [2.24, 2.45) is 5.10 Å². The van der Waals surface area contributed by atoms with Crippen molar-refractivity contribution in [3.8, 4) is 0 Å². The van der Waals surface area contributed by atoms with Gasteiger partial charge in [0.25, 0.3) is 5.91 Å². The van der Waals surface area contributed by atoms with E-state index in [9.17, 15) is 15.0 Å². The predicted molar refractivity (Wildman–Crippen MR) is 107 cm³/mol. The number of hydrazone groups is 1. The Bertz CT molecular complexity index is 960. The molecule has 2 aromatic carbocycles. The molecule has 144 valence electrons. The van der Waals surface area contributed by atoms with Crippen molar-refractivity contribution in [1.82, 2.24) is 9.91 Å². The fourth-order valence-corrected chi connectivity index (χ4v) is 4.04. The molecule has 3 unspecified atom stereocenters. The van der Waals surface area contributed by atoms with Crippen LogP contribution in [0.5, 0.6) is 0 Å². The van der Waals surface area contributed by atoms with E-state index in [1.807, 2.05) is 54.6 Å². The van der Waals surface area contributed by atoms with E-state index in [0.717, 1.165) is 11.1 Å². The number of hydrogen-bond acceptors (Lipinski definition) is 5. The second kappa shape index (κ2) is 7.30. The molecule has 2 aliphatic rings. The lowest BCUT2D eigenvalue weighted by atomic mass is 9.83. The zero-order chi connectivity index (χ0) is 19.8. The molecule has 0 aliphatic carbocycles. The first-order chi connectivity index (χ1) is 13.5. The van der Waals surface area contributed by atoms with Gasteiger partial charge in [0, 0.05) is 24.5 Å². The van der Waals surface area contributed by atoms with Gasteiger partial charge >= 0.3 is 0 Å². The number of carbonyl (C=O) groups is 1. The van der Waals surface area contributed by atoms with Gasteiger partial charge in [-0.05, 0) is 23.3 Å². The first kappa shape index (κ1) is 18.5. The van der Waals surface area contributed by atoms with Gasteiger partial charge in [0.05, 0.1) is 12.3 Å². The summed E-state index contributed by atoms with van der Waals surface area (Å²) in [6.07, 6.45) is -0.0477. The van der Waals surface area contributed by atoms with Crippen LogP contribution in [0, 0.1) is 0 Å². The van der Waals surface area contributed by atoms with Crippen LogP contribution in [0.1, 0.15) is 17.0 Å². The summed E-state index contributed by atoms with van der Waals surface area (Å²) in [4.78, 5) is 14.2. The van der Waals surface area contributed by atoms with Crippen LogP contribution in [0.2, 0.25) is 5.02 Å². The Balaban J connectivity index is 1.86. The molecule has 0 radical (unpaired) electrons. The Kier molecular flexibility index (Phi) is 4.83. The average molecular weight is 398 g/mol. The highest BCUT2D eigenvalue weighted by Crippen LogP contribution is 2.38. The van der Waals surface area contributed by atoms with E-state index in [-0.39, 0.29) is 29.3 Å². The summed E-state index contributed by atoms with van der Waals surface area (Å²) in [5.74, 6) is -0.914. The first-order valence-electron chi connectivity index (χ1n) is 8.97. The van der Waals surface area contributed by atoms with Crippen LogP contribution in [-0.2, 0) is 4.79 Å². The van der Waals surface area contributed by atoms with Gasteiger partial charge in [0.1, 0.15) is 6.10 Å². The minimum absolute atomic E-state index is 0.0108. The number of likely N-dealkylation sites (N-methyl/N-ethyl adjacent to an activating group) is 1. The molecule has 1 saturated heterocycles. The van der Waals surface area contributed by atoms with Crippen LogP contribution in [-0.4, -0.2) is 58.0 Å². The molecule has 0 saturated carbocycles. The minimum atomic E-state index is -1.29. The molecule has 28 heavy (non-hydrogen) atoms. The lowest BCUT2D eigenvalue weighted by molar-refractivity contribution is -0.132. The highest BCUT2D eigenvalue weighted by atomic mass is 35.5. The molecule has 6 nitrogen and oxygen atoms in total. The lowest BCUT2D eigenvalue weighted by Crippen LogP contribution is -2.55.